The molecule has 0 aliphatic rings. The lowest BCUT2D eigenvalue weighted by Crippen LogP contribution is -1.99. The fraction of sp³-hybridized carbons (Fsp3) is 0.364. The van der Waals surface area contributed by atoms with E-state index in [0.717, 1.165) is 4.90 Å². The van der Waals surface area contributed by atoms with E-state index in [1.54, 1.807) is 6.07 Å². The van der Waals surface area contributed by atoms with Crippen molar-refractivity contribution in [3.05, 3.63) is 33.9 Å². The fourth-order valence-corrected chi connectivity index (χ4v) is 2.33. The maximum atomic E-state index is 10.6. The first-order valence-electron chi connectivity index (χ1n) is 5.04. The predicted octanol–water partition coefficient (Wildman–Crippen LogP) is 2.33. The van der Waals surface area contributed by atoms with Crippen molar-refractivity contribution >= 4 is 17.4 Å². The number of thioether (sulfide) groups is 1. The van der Waals surface area contributed by atoms with Crippen LogP contribution in [0.5, 0.6) is 0 Å². The molecule has 0 saturated carbocycles. The standard InChI is InChI=1S/C11H12N2O3S/c1-8(4-5-14)17-10-2-3-11(13(15)16)9(6-10)7-12/h2-3,6,8,14H,4-5H2,1H3. The summed E-state index contributed by atoms with van der Waals surface area (Å²) in [5, 5.41) is 28.4. The van der Waals surface area contributed by atoms with Gasteiger partial charge in [0, 0.05) is 22.8 Å². The second-order valence-electron chi connectivity index (χ2n) is 3.49. The molecule has 1 unspecified atom stereocenters. The highest BCUT2D eigenvalue weighted by Gasteiger charge is 2.14. The van der Waals surface area contributed by atoms with E-state index in [1.165, 1.54) is 23.9 Å². The second-order valence-corrected chi connectivity index (χ2v) is 5.00. The van der Waals surface area contributed by atoms with E-state index in [9.17, 15) is 10.1 Å². The second kappa shape index (κ2) is 6.23. The first kappa shape index (κ1) is 13.5. The molecule has 0 radical (unpaired) electrons. The van der Waals surface area contributed by atoms with Gasteiger partial charge in [-0.15, -0.1) is 11.8 Å². The minimum atomic E-state index is -0.565. The number of hydrogen-bond acceptors (Lipinski definition) is 5. The Balaban J connectivity index is 2.91. The number of rotatable bonds is 5. The van der Waals surface area contributed by atoms with Crippen LogP contribution < -0.4 is 0 Å². The molecule has 0 bridgehead atoms. The van der Waals surface area contributed by atoms with Crippen LogP contribution in [0.4, 0.5) is 5.69 Å². The summed E-state index contributed by atoms with van der Waals surface area (Å²) < 4.78 is 0. The van der Waals surface area contributed by atoms with Crippen LogP contribution in [0.3, 0.4) is 0 Å². The Morgan fingerprint density at radius 3 is 2.88 bits per heavy atom. The number of nitro groups is 1. The maximum absolute atomic E-state index is 10.6. The normalized spacial score (nSPS) is 11.8. The van der Waals surface area contributed by atoms with Crippen LogP contribution in [0.1, 0.15) is 18.9 Å². The van der Waals surface area contributed by atoms with Crippen LogP contribution in [-0.4, -0.2) is 21.9 Å². The van der Waals surface area contributed by atoms with Gasteiger partial charge in [-0.2, -0.15) is 5.26 Å². The third kappa shape index (κ3) is 3.73. The molecule has 1 rings (SSSR count). The highest BCUT2D eigenvalue weighted by atomic mass is 32.2. The van der Waals surface area contributed by atoms with Crippen molar-refractivity contribution in [3.8, 4) is 6.07 Å². The molecule has 0 aliphatic carbocycles. The Hall–Kier alpha value is -1.58. The molecular formula is C11H12N2O3S. The third-order valence-corrected chi connectivity index (χ3v) is 3.32. The van der Waals surface area contributed by atoms with E-state index in [4.69, 9.17) is 10.4 Å². The van der Waals surface area contributed by atoms with E-state index in [0.29, 0.717) is 6.42 Å². The molecule has 0 fully saturated rings. The van der Waals surface area contributed by atoms with Gasteiger partial charge in [0.2, 0.25) is 0 Å². The van der Waals surface area contributed by atoms with Crippen molar-refractivity contribution < 1.29 is 10.0 Å². The molecule has 0 heterocycles. The first-order chi connectivity index (χ1) is 8.08. The Bertz CT molecular complexity index is 457. The number of nitrogens with zero attached hydrogens (tertiary/aromatic N) is 2. The van der Waals surface area contributed by atoms with Crippen molar-refractivity contribution in [3.63, 3.8) is 0 Å². The molecule has 0 aliphatic heterocycles. The van der Waals surface area contributed by atoms with Crippen LogP contribution in [0.15, 0.2) is 23.1 Å². The van der Waals surface area contributed by atoms with Crippen LogP contribution in [0, 0.1) is 21.4 Å². The maximum Gasteiger partial charge on any atom is 0.287 e. The molecule has 0 amide bonds. The molecule has 17 heavy (non-hydrogen) atoms. The summed E-state index contributed by atoms with van der Waals surface area (Å²) in [7, 11) is 0. The highest BCUT2D eigenvalue weighted by Crippen LogP contribution is 2.29. The van der Waals surface area contributed by atoms with Crippen molar-refractivity contribution in [2.75, 3.05) is 6.61 Å². The highest BCUT2D eigenvalue weighted by molar-refractivity contribution is 7.99. The minimum Gasteiger partial charge on any atom is -0.396 e. The summed E-state index contributed by atoms with van der Waals surface area (Å²) in [5.74, 6) is 0. The van der Waals surface area contributed by atoms with Gasteiger partial charge in [-0.05, 0) is 18.6 Å². The Kier molecular flexibility index (Phi) is 4.94. The zero-order valence-corrected chi connectivity index (χ0v) is 10.1. The average molecular weight is 252 g/mol. The summed E-state index contributed by atoms with van der Waals surface area (Å²) in [5.41, 5.74) is -0.108. The number of aliphatic hydroxyl groups is 1. The van der Waals surface area contributed by atoms with E-state index >= 15 is 0 Å². The summed E-state index contributed by atoms with van der Waals surface area (Å²) in [6.45, 7) is 2.06. The van der Waals surface area contributed by atoms with Gasteiger partial charge in [-0.3, -0.25) is 10.1 Å². The Labute approximate surface area is 103 Å². The molecular weight excluding hydrogens is 240 g/mol. The number of benzene rings is 1. The molecule has 1 atom stereocenters. The summed E-state index contributed by atoms with van der Waals surface area (Å²) in [4.78, 5) is 10.9. The van der Waals surface area contributed by atoms with Crippen molar-refractivity contribution in [2.24, 2.45) is 0 Å². The molecule has 6 heteroatoms. The SMILES string of the molecule is CC(CCO)Sc1ccc([N+](=O)[O-])c(C#N)c1. The molecule has 0 spiro atoms. The first-order valence-corrected chi connectivity index (χ1v) is 5.92. The molecule has 90 valence electrons. The van der Waals surface area contributed by atoms with Gasteiger partial charge in [-0.25, -0.2) is 0 Å². The smallest absolute Gasteiger partial charge is 0.287 e. The van der Waals surface area contributed by atoms with Crippen molar-refractivity contribution in [1.82, 2.24) is 0 Å². The summed E-state index contributed by atoms with van der Waals surface area (Å²) in [6, 6.07) is 6.29. The van der Waals surface area contributed by atoms with Gasteiger partial charge in [0.15, 0.2) is 0 Å². The zero-order chi connectivity index (χ0) is 12.8. The minimum absolute atomic E-state index is 0.0659. The van der Waals surface area contributed by atoms with Crippen molar-refractivity contribution in [1.29, 1.82) is 5.26 Å². The lowest BCUT2D eigenvalue weighted by atomic mass is 10.2. The van der Waals surface area contributed by atoms with Crippen LogP contribution in [0.25, 0.3) is 0 Å². The third-order valence-electron chi connectivity index (χ3n) is 2.16. The Morgan fingerprint density at radius 1 is 1.65 bits per heavy atom. The summed E-state index contributed by atoms with van der Waals surface area (Å²) >= 11 is 1.48. The number of aliphatic hydroxyl groups excluding tert-OH is 1. The molecule has 1 aromatic carbocycles. The van der Waals surface area contributed by atoms with E-state index in [2.05, 4.69) is 0 Å². The Morgan fingerprint density at radius 2 is 2.35 bits per heavy atom. The molecule has 1 aromatic rings. The van der Waals surface area contributed by atoms with E-state index < -0.39 is 4.92 Å². The lowest BCUT2D eigenvalue weighted by Gasteiger charge is -2.09. The van der Waals surface area contributed by atoms with Crippen LogP contribution >= 0.6 is 11.8 Å². The quantitative estimate of drug-likeness (QED) is 0.493. The van der Waals surface area contributed by atoms with Gasteiger partial charge in [0.25, 0.3) is 5.69 Å². The van der Waals surface area contributed by atoms with E-state index in [-0.39, 0.29) is 23.1 Å². The average Bonchev–Trinajstić information content (AvgIpc) is 2.28. The number of nitriles is 1. The fourth-order valence-electron chi connectivity index (χ4n) is 1.31. The largest absolute Gasteiger partial charge is 0.396 e. The molecule has 0 saturated heterocycles. The van der Waals surface area contributed by atoms with Gasteiger partial charge in [-0.1, -0.05) is 6.92 Å². The van der Waals surface area contributed by atoms with Gasteiger partial charge in [0.1, 0.15) is 11.6 Å². The monoisotopic (exact) mass is 252 g/mol. The molecule has 1 N–H and O–H groups in total. The number of hydrogen-bond donors (Lipinski definition) is 1. The van der Waals surface area contributed by atoms with Gasteiger partial charge in [0.05, 0.1) is 4.92 Å². The van der Waals surface area contributed by atoms with Crippen molar-refractivity contribution in [2.45, 2.75) is 23.5 Å². The van der Waals surface area contributed by atoms with E-state index in [1.807, 2.05) is 13.0 Å². The van der Waals surface area contributed by atoms with Gasteiger partial charge >= 0.3 is 0 Å². The van der Waals surface area contributed by atoms with Gasteiger partial charge < -0.3 is 5.11 Å². The number of nitro benzene ring substituents is 1. The van der Waals surface area contributed by atoms with Crippen LogP contribution in [0.2, 0.25) is 0 Å². The lowest BCUT2D eigenvalue weighted by molar-refractivity contribution is -0.385. The predicted molar refractivity (Wildman–Crippen MR) is 64.8 cm³/mol. The molecule has 0 aromatic heterocycles. The molecule has 5 nitrogen and oxygen atoms in total. The summed E-state index contributed by atoms with van der Waals surface area (Å²) in [6.07, 6.45) is 0.642. The zero-order valence-electron chi connectivity index (χ0n) is 9.29. The van der Waals surface area contributed by atoms with Crippen LogP contribution in [-0.2, 0) is 0 Å². The topological polar surface area (TPSA) is 87.2 Å².